The quantitative estimate of drug-likeness (QED) is 0.876. The Morgan fingerprint density at radius 1 is 1.23 bits per heavy atom. The van der Waals surface area contributed by atoms with Gasteiger partial charge in [-0.1, -0.05) is 0 Å². The van der Waals surface area contributed by atoms with E-state index in [1.165, 1.54) is 12.3 Å². The molecule has 116 valence electrons. The smallest absolute Gasteiger partial charge is 0.259 e. The van der Waals surface area contributed by atoms with Crippen molar-refractivity contribution in [3.05, 3.63) is 45.8 Å². The summed E-state index contributed by atoms with van der Waals surface area (Å²) in [6, 6.07) is 2.09. The first kappa shape index (κ1) is 15.0. The van der Waals surface area contributed by atoms with Crippen molar-refractivity contribution in [3.63, 3.8) is 0 Å². The number of thioether (sulfide) groups is 1. The number of amides is 1. The molecule has 0 unspecified atom stereocenters. The van der Waals surface area contributed by atoms with Crippen LogP contribution in [0.5, 0.6) is 0 Å². The van der Waals surface area contributed by atoms with Gasteiger partial charge < -0.3 is 9.88 Å². The monoisotopic (exact) mass is 324 g/mol. The van der Waals surface area contributed by atoms with Crippen LogP contribution in [-0.2, 0) is 0 Å². The van der Waals surface area contributed by atoms with E-state index < -0.39 is 17.1 Å². The van der Waals surface area contributed by atoms with E-state index in [4.69, 9.17) is 0 Å². The highest BCUT2D eigenvalue weighted by atomic mass is 32.2. The van der Waals surface area contributed by atoms with Crippen LogP contribution in [0.1, 0.15) is 16.8 Å². The first-order valence-corrected chi connectivity index (χ1v) is 8.11. The molecule has 1 saturated heterocycles. The number of H-pyrrole nitrogens is 1. The van der Waals surface area contributed by atoms with Crippen LogP contribution >= 0.6 is 11.8 Å². The number of rotatable bonds is 1. The van der Waals surface area contributed by atoms with Crippen LogP contribution in [0.25, 0.3) is 10.9 Å². The minimum atomic E-state index is -1.11. The summed E-state index contributed by atoms with van der Waals surface area (Å²) < 4.78 is 26.9. The minimum Gasteiger partial charge on any atom is -0.358 e. The molecule has 1 aromatic carbocycles. The van der Waals surface area contributed by atoms with E-state index >= 15 is 0 Å². The summed E-state index contributed by atoms with van der Waals surface area (Å²) in [4.78, 5) is 29.1. The molecule has 0 spiro atoms. The van der Waals surface area contributed by atoms with Gasteiger partial charge in [-0.15, -0.1) is 0 Å². The second-order valence-corrected chi connectivity index (χ2v) is 6.30. The molecule has 2 aromatic rings. The topological polar surface area (TPSA) is 53.2 Å². The van der Waals surface area contributed by atoms with Crippen molar-refractivity contribution in [2.75, 3.05) is 24.6 Å². The van der Waals surface area contributed by atoms with Crippen molar-refractivity contribution in [1.82, 2.24) is 9.88 Å². The molecular weight excluding hydrogens is 310 g/mol. The maximum Gasteiger partial charge on any atom is 0.259 e. The number of nitrogens with one attached hydrogen (secondary N) is 1. The maximum absolute atomic E-state index is 13.7. The lowest BCUT2D eigenvalue weighted by atomic mass is 10.1. The van der Waals surface area contributed by atoms with Crippen molar-refractivity contribution in [2.24, 2.45) is 0 Å². The molecule has 1 amide bonds. The van der Waals surface area contributed by atoms with Crippen LogP contribution in [-0.4, -0.2) is 40.4 Å². The van der Waals surface area contributed by atoms with E-state index in [2.05, 4.69) is 4.98 Å². The van der Waals surface area contributed by atoms with Crippen molar-refractivity contribution >= 4 is 28.6 Å². The number of halogens is 2. The average molecular weight is 324 g/mol. The van der Waals surface area contributed by atoms with Crippen LogP contribution in [0.2, 0.25) is 0 Å². The van der Waals surface area contributed by atoms with E-state index in [1.54, 1.807) is 16.7 Å². The molecule has 0 radical (unpaired) electrons. The molecule has 1 aromatic heterocycles. The van der Waals surface area contributed by atoms with Crippen LogP contribution in [0.15, 0.2) is 23.1 Å². The van der Waals surface area contributed by atoms with Gasteiger partial charge in [-0.3, -0.25) is 9.59 Å². The van der Waals surface area contributed by atoms with Crippen molar-refractivity contribution in [3.8, 4) is 0 Å². The number of hydrogen-bond acceptors (Lipinski definition) is 3. The van der Waals surface area contributed by atoms with Gasteiger partial charge >= 0.3 is 0 Å². The predicted molar refractivity (Wildman–Crippen MR) is 82.3 cm³/mol. The Morgan fingerprint density at radius 3 is 2.86 bits per heavy atom. The fraction of sp³-hybridized carbons (Fsp3) is 0.333. The lowest BCUT2D eigenvalue weighted by Crippen LogP contribution is -2.36. The van der Waals surface area contributed by atoms with Crippen LogP contribution in [0.4, 0.5) is 8.78 Å². The maximum atomic E-state index is 13.7. The van der Waals surface area contributed by atoms with E-state index in [9.17, 15) is 18.4 Å². The predicted octanol–water partition coefficient (Wildman–Crippen LogP) is 2.39. The van der Waals surface area contributed by atoms with Crippen molar-refractivity contribution < 1.29 is 13.6 Å². The summed E-state index contributed by atoms with van der Waals surface area (Å²) >= 11 is 1.77. The molecule has 1 aliphatic heterocycles. The van der Waals surface area contributed by atoms with Crippen LogP contribution < -0.4 is 5.43 Å². The number of aromatic amines is 1. The van der Waals surface area contributed by atoms with Gasteiger partial charge in [0.25, 0.3) is 5.91 Å². The Balaban J connectivity index is 2.04. The molecule has 0 atom stereocenters. The summed E-state index contributed by atoms with van der Waals surface area (Å²) in [5, 5.41) is -0.0195. The third-order valence-electron chi connectivity index (χ3n) is 3.68. The zero-order valence-corrected chi connectivity index (χ0v) is 12.5. The van der Waals surface area contributed by atoms with Gasteiger partial charge in [0.2, 0.25) is 5.43 Å². The standard InChI is InChI=1S/C15H14F2N2O2S/c16-11-3-2-9-13(12(11)17)18-8-10(14(9)20)15(21)19-4-1-6-22-7-5-19/h2-3,8H,1,4-7H2,(H,18,20). The molecule has 3 rings (SSSR count). The van der Waals surface area contributed by atoms with Gasteiger partial charge in [0.05, 0.1) is 5.52 Å². The Hall–Kier alpha value is -1.89. The number of carbonyl (C=O) groups excluding carboxylic acids is 1. The highest BCUT2D eigenvalue weighted by molar-refractivity contribution is 7.99. The van der Waals surface area contributed by atoms with E-state index in [0.29, 0.717) is 13.1 Å². The highest BCUT2D eigenvalue weighted by Gasteiger charge is 2.22. The number of pyridine rings is 1. The molecule has 1 fully saturated rings. The van der Waals surface area contributed by atoms with Gasteiger partial charge in [-0.2, -0.15) is 11.8 Å². The van der Waals surface area contributed by atoms with E-state index in [1.807, 2.05) is 0 Å². The number of carbonyl (C=O) groups is 1. The third-order valence-corrected chi connectivity index (χ3v) is 4.73. The lowest BCUT2D eigenvalue weighted by molar-refractivity contribution is 0.0767. The van der Waals surface area contributed by atoms with Gasteiger partial charge in [0.15, 0.2) is 11.6 Å². The Bertz CT molecular complexity index is 783. The summed E-state index contributed by atoms with van der Waals surface area (Å²) in [5.74, 6) is -0.693. The second kappa shape index (κ2) is 6.08. The Labute approximate surface area is 129 Å². The normalized spacial score (nSPS) is 15.8. The summed E-state index contributed by atoms with van der Waals surface area (Å²) in [6.07, 6.45) is 2.05. The zero-order chi connectivity index (χ0) is 15.7. The molecule has 0 aliphatic carbocycles. The Morgan fingerprint density at radius 2 is 2.05 bits per heavy atom. The molecule has 7 heteroatoms. The minimum absolute atomic E-state index is 0.0195. The van der Waals surface area contributed by atoms with Crippen LogP contribution in [0, 0.1) is 11.6 Å². The van der Waals surface area contributed by atoms with Gasteiger partial charge in [-0.05, 0) is 24.3 Å². The highest BCUT2D eigenvalue weighted by Crippen LogP contribution is 2.17. The molecule has 2 heterocycles. The average Bonchev–Trinajstić information content (AvgIpc) is 2.80. The summed E-state index contributed by atoms with van der Waals surface area (Å²) in [7, 11) is 0. The van der Waals surface area contributed by atoms with Gasteiger partial charge in [-0.25, -0.2) is 8.78 Å². The molecule has 1 aliphatic rings. The SMILES string of the molecule is O=C(c1c[nH]c2c(F)c(F)ccc2c1=O)N1CCCSCC1. The van der Waals surface area contributed by atoms with Gasteiger partial charge in [0, 0.05) is 30.4 Å². The summed E-state index contributed by atoms with van der Waals surface area (Å²) in [6.45, 7) is 1.18. The molecular formula is C15H14F2N2O2S. The number of aromatic nitrogens is 1. The molecule has 1 N–H and O–H groups in total. The first-order chi connectivity index (χ1) is 10.6. The Kier molecular flexibility index (Phi) is 4.15. The van der Waals surface area contributed by atoms with Crippen molar-refractivity contribution in [1.29, 1.82) is 0 Å². The van der Waals surface area contributed by atoms with E-state index in [-0.39, 0.29) is 22.4 Å². The number of fused-ring (bicyclic) bond motifs is 1. The number of benzene rings is 1. The summed E-state index contributed by atoms with van der Waals surface area (Å²) in [5.41, 5.74) is -0.826. The first-order valence-electron chi connectivity index (χ1n) is 6.96. The fourth-order valence-electron chi connectivity index (χ4n) is 2.51. The van der Waals surface area contributed by atoms with Crippen LogP contribution in [0.3, 0.4) is 0 Å². The zero-order valence-electron chi connectivity index (χ0n) is 11.7. The number of nitrogens with zero attached hydrogens (tertiary/aromatic N) is 1. The molecule has 0 bridgehead atoms. The molecule has 4 nitrogen and oxygen atoms in total. The number of hydrogen-bond donors (Lipinski definition) is 1. The fourth-order valence-corrected chi connectivity index (χ4v) is 3.40. The largest absolute Gasteiger partial charge is 0.358 e. The lowest BCUT2D eigenvalue weighted by Gasteiger charge is -2.19. The van der Waals surface area contributed by atoms with E-state index in [0.717, 1.165) is 24.0 Å². The van der Waals surface area contributed by atoms with Crippen molar-refractivity contribution in [2.45, 2.75) is 6.42 Å². The molecule has 22 heavy (non-hydrogen) atoms. The van der Waals surface area contributed by atoms with Gasteiger partial charge in [0.1, 0.15) is 5.56 Å². The second-order valence-electron chi connectivity index (χ2n) is 5.07. The third kappa shape index (κ3) is 2.61. The molecule has 0 saturated carbocycles.